The van der Waals surface area contributed by atoms with Gasteiger partial charge in [0.1, 0.15) is 5.69 Å². The molecular weight excluding hydrogens is 276 g/mol. The van der Waals surface area contributed by atoms with Crippen molar-refractivity contribution in [3.05, 3.63) is 65.9 Å². The summed E-state index contributed by atoms with van der Waals surface area (Å²) in [5.74, 6) is -0.936. The van der Waals surface area contributed by atoms with Gasteiger partial charge in [0.15, 0.2) is 0 Å². The maximum Gasteiger partial charge on any atom is 0.352 e. The zero-order valence-electron chi connectivity index (χ0n) is 12.4. The maximum atomic E-state index is 11.0. The fourth-order valence-electron chi connectivity index (χ4n) is 2.62. The SMILES string of the molecule is CCN(Cc1ccccc1)c1ccc2[nH]c(C(=O)O)cc2c1. The highest BCUT2D eigenvalue weighted by Crippen LogP contribution is 2.24. The van der Waals surface area contributed by atoms with Crippen LogP contribution < -0.4 is 4.90 Å². The minimum absolute atomic E-state index is 0.221. The van der Waals surface area contributed by atoms with Gasteiger partial charge in [0, 0.05) is 29.7 Å². The van der Waals surface area contributed by atoms with Crippen molar-refractivity contribution in [3.8, 4) is 0 Å². The van der Waals surface area contributed by atoms with Gasteiger partial charge in [-0.2, -0.15) is 0 Å². The molecule has 0 aliphatic rings. The molecule has 0 saturated heterocycles. The van der Waals surface area contributed by atoms with Crippen LogP contribution in [0, 0.1) is 0 Å². The molecule has 0 saturated carbocycles. The first-order valence-electron chi connectivity index (χ1n) is 7.32. The molecule has 3 rings (SSSR count). The van der Waals surface area contributed by atoms with E-state index < -0.39 is 5.97 Å². The van der Waals surface area contributed by atoms with E-state index in [9.17, 15) is 4.79 Å². The molecule has 0 unspecified atom stereocenters. The number of fused-ring (bicyclic) bond motifs is 1. The molecule has 3 aromatic rings. The second kappa shape index (κ2) is 5.93. The van der Waals surface area contributed by atoms with Crippen LogP contribution in [0.15, 0.2) is 54.6 Å². The van der Waals surface area contributed by atoms with E-state index in [0.29, 0.717) is 0 Å². The minimum atomic E-state index is -0.936. The van der Waals surface area contributed by atoms with E-state index in [-0.39, 0.29) is 5.69 Å². The number of carboxylic acid groups (broad SMARTS) is 1. The lowest BCUT2D eigenvalue weighted by molar-refractivity contribution is 0.0691. The summed E-state index contributed by atoms with van der Waals surface area (Å²) in [4.78, 5) is 16.2. The zero-order valence-corrected chi connectivity index (χ0v) is 12.4. The van der Waals surface area contributed by atoms with E-state index in [2.05, 4.69) is 28.9 Å². The Hall–Kier alpha value is -2.75. The number of carboxylic acids is 1. The molecule has 0 fully saturated rings. The first-order chi connectivity index (χ1) is 10.7. The van der Waals surface area contributed by atoms with Gasteiger partial charge in [0.25, 0.3) is 0 Å². The van der Waals surface area contributed by atoms with Gasteiger partial charge < -0.3 is 15.0 Å². The second-order valence-electron chi connectivity index (χ2n) is 5.26. The molecule has 4 nitrogen and oxygen atoms in total. The molecule has 0 radical (unpaired) electrons. The third kappa shape index (κ3) is 2.81. The standard InChI is InChI=1S/C18H18N2O2/c1-2-20(12-13-6-4-3-5-7-13)15-8-9-16-14(10-15)11-17(19-16)18(21)22/h3-11,19H,2,12H2,1H3,(H,21,22). The lowest BCUT2D eigenvalue weighted by atomic mass is 10.1. The van der Waals surface area contributed by atoms with Crippen LogP contribution in [0.25, 0.3) is 10.9 Å². The number of aromatic carboxylic acids is 1. The Morgan fingerprint density at radius 1 is 1.14 bits per heavy atom. The van der Waals surface area contributed by atoms with Crippen LogP contribution in [0.4, 0.5) is 5.69 Å². The molecule has 0 aliphatic heterocycles. The quantitative estimate of drug-likeness (QED) is 0.750. The molecule has 4 heteroatoms. The third-order valence-electron chi connectivity index (χ3n) is 3.80. The van der Waals surface area contributed by atoms with E-state index in [1.54, 1.807) is 6.07 Å². The maximum absolute atomic E-state index is 11.0. The van der Waals surface area contributed by atoms with Crippen molar-refractivity contribution in [2.45, 2.75) is 13.5 Å². The summed E-state index contributed by atoms with van der Waals surface area (Å²) >= 11 is 0. The monoisotopic (exact) mass is 294 g/mol. The average molecular weight is 294 g/mol. The number of aromatic amines is 1. The summed E-state index contributed by atoms with van der Waals surface area (Å²) in [6.07, 6.45) is 0. The van der Waals surface area contributed by atoms with Gasteiger partial charge in [-0.3, -0.25) is 0 Å². The van der Waals surface area contributed by atoms with Gasteiger partial charge in [0.2, 0.25) is 0 Å². The molecular formula is C18H18N2O2. The number of H-pyrrole nitrogens is 1. The third-order valence-corrected chi connectivity index (χ3v) is 3.80. The van der Waals surface area contributed by atoms with Gasteiger partial charge in [-0.25, -0.2) is 4.79 Å². The molecule has 0 spiro atoms. The number of aromatic nitrogens is 1. The van der Waals surface area contributed by atoms with Crippen LogP contribution in [-0.4, -0.2) is 22.6 Å². The zero-order chi connectivity index (χ0) is 15.5. The van der Waals surface area contributed by atoms with Gasteiger partial charge in [-0.15, -0.1) is 0 Å². The van der Waals surface area contributed by atoms with Crippen LogP contribution in [0.3, 0.4) is 0 Å². The summed E-state index contributed by atoms with van der Waals surface area (Å²) < 4.78 is 0. The molecule has 0 atom stereocenters. The summed E-state index contributed by atoms with van der Waals surface area (Å²) in [6.45, 7) is 3.84. The lowest BCUT2D eigenvalue weighted by Crippen LogP contribution is -2.21. The van der Waals surface area contributed by atoms with Crippen molar-refractivity contribution >= 4 is 22.6 Å². The van der Waals surface area contributed by atoms with Crippen LogP contribution in [0.2, 0.25) is 0 Å². The predicted molar refractivity (Wildman–Crippen MR) is 88.4 cm³/mol. The Morgan fingerprint density at radius 3 is 2.59 bits per heavy atom. The highest BCUT2D eigenvalue weighted by molar-refractivity contribution is 5.94. The Bertz CT molecular complexity index is 793. The number of hydrogen-bond acceptors (Lipinski definition) is 2. The molecule has 2 aromatic carbocycles. The van der Waals surface area contributed by atoms with Gasteiger partial charge in [-0.05, 0) is 36.8 Å². The highest BCUT2D eigenvalue weighted by atomic mass is 16.4. The molecule has 0 bridgehead atoms. The van der Waals surface area contributed by atoms with Crippen molar-refractivity contribution < 1.29 is 9.90 Å². The van der Waals surface area contributed by atoms with E-state index in [4.69, 9.17) is 5.11 Å². The number of nitrogens with one attached hydrogen (secondary N) is 1. The summed E-state index contributed by atoms with van der Waals surface area (Å²) in [6, 6.07) is 18.0. The number of nitrogens with zero attached hydrogens (tertiary/aromatic N) is 1. The summed E-state index contributed by atoms with van der Waals surface area (Å²) in [7, 11) is 0. The first-order valence-corrected chi connectivity index (χ1v) is 7.32. The number of rotatable bonds is 5. The van der Waals surface area contributed by atoms with Crippen LogP contribution >= 0.6 is 0 Å². The lowest BCUT2D eigenvalue weighted by Gasteiger charge is -2.23. The van der Waals surface area contributed by atoms with Crippen LogP contribution in [0.5, 0.6) is 0 Å². The first kappa shape index (κ1) is 14.2. The molecule has 1 heterocycles. The Kier molecular flexibility index (Phi) is 3.83. The fraction of sp³-hybridized carbons (Fsp3) is 0.167. The van der Waals surface area contributed by atoms with Crippen molar-refractivity contribution in [1.82, 2.24) is 4.98 Å². The number of anilines is 1. The second-order valence-corrected chi connectivity index (χ2v) is 5.26. The van der Waals surface area contributed by atoms with E-state index in [1.807, 2.05) is 36.4 Å². The summed E-state index contributed by atoms with van der Waals surface area (Å²) in [5, 5.41) is 9.98. The molecule has 2 N–H and O–H groups in total. The topological polar surface area (TPSA) is 56.3 Å². The molecule has 1 aromatic heterocycles. The van der Waals surface area contributed by atoms with Crippen molar-refractivity contribution in [2.75, 3.05) is 11.4 Å². The Balaban J connectivity index is 1.91. The van der Waals surface area contributed by atoms with Gasteiger partial charge in [0.05, 0.1) is 0 Å². The number of hydrogen-bond donors (Lipinski definition) is 2. The fourth-order valence-corrected chi connectivity index (χ4v) is 2.62. The Labute approximate surface area is 129 Å². The molecule has 0 amide bonds. The normalized spacial score (nSPS) is 10.8. The summed E-state index contributed by atoms with van der Waals surface area (Å²) in [5.41, 5.74) is 3.41. The van der Waals surface area contributed by atoms with Crippen LogP contribution in [0.1, 0.15) is 23.0 Å². The van der Waals surface area contributed by atoms with Gasteiger partial charge >= 0.3 is 5.97 Å². The minimum Gasteiger partial charge on any atom is -0.477 e. The largest absolute Gasteiger partial charge is 0.477 e. The highest BCUT2D eigenvalue weighted by Gasteiger charge is 2.10. The van der Waals surface area contributed by atoms with Crippen molar-refractivity contribution in [1.29, 1.82) is 0 Å². The smallest absolute Gasteiger partial charge is 0.352 e. The van der Waals surface area contributed by atoms with E-state index >= 15 is 0 Å². The predicted octanol–water partition coefficient (Wildman–Crippen LogP) is 3.89. The average Bonchev–Trinajstić information content (AvgIpc) is 2.97. The Morgan fingerprint density at radius 2 is 1.91 bits per heavy atom. The van der Waals surface area contributed by atoms with Crippen molar-refractivity contribution in [3.63, 3.8) is 0 Å². The molecule has 112 valence electrons. The molecule has 0 aliphatic carbocycles. The van der Waals surface area contributed by atoms with E-state index in [1.165, 1.54) is 5.56 Å². The molecule has 22 heavy (non-hydrogen) atoms. The number of benzene rings is 2. The number of carbonyl (C=O) groups is 1. The van der Waals surface area contributed by atoms with Crippen molar-refractivity contribution in [2.24, 2.45) is 0 Å². The van der Waals surface area contributed by atoms with Crippen LogP contribution in [-0.2, 0) is 6.54 Å². The van der Waals surface area contributed by atoms with Gasteiger partial charge in [-0.1, -0.05) is 30.3 Å². The van der Waals surface area contributed by atoms with E-state index in [0.717, 1.165) is 29.7 Å².